The Labute approximate surface area is 151 Å². The molecule has 5 nitrogen and oxygen atoms in total. The second-order valence-corrected chi connectivity index (χ2v) is 6.12. The van der Waals surface area contributed by atoms with Crippen molar-refractivity contribution >= 4 is 11.9 Å². The summed E-state index contributed by atoms with van der Waals surface area (Å²) in [5.41, 5.74) is 1.52. The Kier molecular flexibility index (Phi) is 6.45. The zero-order valence-electron chi connectivity index (χ0n) is 14.5. The second kappa shape index (κ2) is 8.77. The summed E-state index contributed by atoms with van der Waals surface area (Å²) in [4.78, 5) is 24.6. The molecule has 0 saturated carbocycles. The summed E-state index contributed by atoms with van der Waals surface area (Å²) in [6.07, 6.45) is 0. The van der Waals surface area contributed by atoms with Crippen molar-refractivity contribution in [3.8, 4) is 6.07 Å². The number of rotatable bonds is 6. The third kappa shape index (κ3) is 5.15. The van der Waals surface area contributed by atoms with Crippen LogP contribution in [0, 0.1) is 23.1 Å². The molecule has 0 radical (unpaired) electrons. The molecule has 0 fully saturated rings. The van der Waals surface area contributed by atoms with Crippen LogP contribution in [0.25, 0.3) is 0 Å². The SMILES string of the molecule is CC(C)[C@H](NC(=O)c1ccc(F)cc1)C(=O)OCc1ccc(C#N)cc1. The second-order valence-electron chi connectivity index (χ2n) is 6.12. The first-order valence-electron chi connectivity index (χ1n) is 8.13. The molecule has 1 atom stereocenters. The molecule has 0 aliphatic carbocycles. The minimum absolute atomic E-state index is 0.0418. The van der Waals surface area contributed by atoms with E-state index in [9.17, 15) is 14.0 Å². The maximum Gasteiger partial charge on any atom is 0.329 e. The summed E-state index contributed by atoms with van der Waals surface area (Å²) in [7, 11) is 0. The van der Waals surface area contributed by atoms with E-state index >= 15 is 0 Å². The molecule has 0 spiro atoms. The van der Waals surface area contributed by atoms with Crippen molar-refractivity contribution in [2.24, 2.45) is 5.92 Å². The lowest BCUT2D eigenvalue weighted by atomic mass is 10.0. The van der Waals surface area contributed by atoms with Crippen LogP contribution in [0.5, 0.6) is 0 Å². The fourth-order valence-electron chi connectivity index (χ4n) is 2.24. The topological polar surface area (TPSA) is 79.2 Å². The van der Waals surface area contributed by atoms with Crippen LogP contribution in [0.2, 0.25) is 0 Å². The minimum atomic E-state index is -0.828. The normalized spacial score (nSPS) is 11.5. The fraction of sp³-hybridized carbons (Fsp3) is 0.250. The van der Waals surface area contributed by atoms with Gasteiger partial charge < -0.3 is 10.1 Å². The van der Waals surface area contributed by atoms with Gasteiger partial charge in [-0.2, -0.15) is 5.26 Å². The van der Waals surface area contributed by atoms with Crippen molar-refractivity contribution in [2.45, 2.75) is 26.5 Å². The van der Waals surface area contributed by atoms with Gasteiger partial charge in [0, 0.05) is 5.56 Å². The van der Waals surface area contributed by atoms with Gasteiger partial charge in [-0.1, -0.05) is 26.0 Å². The molecule has 2 aromatic rings. The molecule has 0 saturated heterocycles. The Bertz CT molecular complexity index is 808. The van der Waals surface area contributed by atoms with Crippen LogP contribution in [0.15, 0.2) is 48.5 Å². The highest BCUT2D eigenvalue weighted by Gasteiger charge is 2.26. The largest absolute Gasteiger partial charge is 0.459 e. The van der Waals surface area contributed by atoms with Gasteiger partial charge in [-0.25, -0.2) is 9.18 Å². The van der Waals surface area contributed by atoms with Crippen LogP contribution in [-0.4, -0.2) is 17.9 Å². The number of halogens is 1. The first-order valence-corrected chi connectivity index (χ1v) is 8.13. The van der Waals surface area contributed by atoms with Crippen molar-refractivity contribution in [3.05, 3.63) is 71.0 Å². The van der Waals surface area contributed by atoms with Crippen LogP contribution in [0.4, 0.5) is 4.39 Å². The summed E-state index contributed by atoms with van der Waals surface area (Å²) in [5.74, 6) is -1.66. The van der Waals surface area contributed by atoms with E-state index < -0.39 is 23.7 Å². The number of ether oxygens (including phenoxy) is 1. The molecule has 0 bridgehead atoms. The molecule has 0 aliphatic heterocycles. The first kappa shape index (κ1) is 19.1. The van der Waals surface area contributed by atoms with E-state index in [1.54, 1.807) is 38.1 Å². The number of nitriles is 1. The van der Waals surface area contributed by atoms with Crippen molar-refractivity contribution in [1.29, 1.82) is 5.26 Å². The Morgan fingerprint density at radius 1 is 1.12 bits per heavy atom. The molecule has 0 aliphatic rings. The Balaban J connectivity index is 1.99. The highest BCUT2D eigenvalue weighted by atomic mass is 19.1. The monoisotopic (exact) mass is 354 g/mol. The molecule has 0 aromatic heterocycles. The lowest BCUT2D eigenvalue weighted by Gasteiger charge is -2.21. The van der Waals surface area contributed by atoms with Gasteiger partial charge in [0.25, 0.3) is 5.91 Å². The predicted molar refractivity (Wildman–Crippen MR) is 93.4 cm³/mol. The van der Waals surface area contributed by atoms with Crippen LogP contribution in [0.1, 0.15) is 35.3 Å². The summed E-state index contributed by atoms with van der Waals surface area (Å²) in [5, 5.41) is 11.4. The number of carbonyl (C=O) groups excluding carboxylic acids is 2. The number of benzene rings is 2. The van der Waals surface area contributed by atoms with Gasteiger partial charge in [-0.3, -0.25) is 4.79 Å². The van der Waals surface area contributed by atoms with Crippen LogP contribution >= 0.6 is 0 Å². The van der Waals surface area contributed by atoms with Gasteiger partial charge >= 0.3 is 5.97 Å². The fourth-order valence-corrected chi connectivity index (χ4v) is 2.24. The zero-order valence-corrected chi connectivity index (χ0v) is 14.5. The van der Waals surface area contributed by atoms with Crippen molar-refractivity contribution in [2.75, 3.05) is 0 Å². The van der Waals surface area contributed by atoms with Gasteiger partial charge in [0.15, 0.2) is 0 Å². The number of hydrogen-bond donors (Lipinski definition) is 1. The quantitative estimate of drug-likeness (QED) is 0.808. The standard InChI is InChI=1S/C20H19FN2O3/c1-13(2)18(23-19(24)16-7-9-17(21)10-8-16)20(25)26-12-15-5-3-14(11-22)4-6-15/h3-10,13,18H,12H2,1-2H3,(H,23,24)/t18-/m0/s1. The van der Waals surface area contributed by atoms with Crippen molar-refractivity contribution in [1.82, 2.24) is 5.32 Å². The molecule has 2 rings (SSSR count). The van der Waals surface area contributed by atoms with Crippen LogP contribution in [0.3, 0.4) is 0 Å². The highest BCUT2D eigenvalue weighted by Crippen LogP contribution is 2.10. The number of carbonyl (C=O) groups is 2. The Hall–Kier alpha value is -3.20. The molecule has 2 aromatic carbocycles. The van der Waals surface area contributed by atoms with E-state index in [2.05, 4.69) is 5.32 Å². The lowest BCUT2D eigenvalue weighted by molar-refractivity contribution is -0.148. The molecular weight excluding hydrogens is 335 g/mol. The maximum absolute atomic E-state index is 13.0. The highest BCUT2D eigenvalue weighted by molar-refractivity contribution is 5.96. The van der Waals surface area contributed by atoms with E-state index in [1.807, 2.05) is 6.07 Å². The van der Waals surface area contributed by atoms with E-state index in [0.29, 0.717) is 5.56 Å². The average Bonchev–Trinajstić information content (AvgIpc) is 2.64. The van der Waals surface area contributed by atoms with Crippen LogP contribution in [-0.2, 0) is 16.1 Å². The maximum atomic E-state index is 13.0. The third-order valence-corrected chi connectivity index (χ3v) is 3.78. The Morgan fingerprint density at radius 2 is 1.73 bits per heavy atom. The van der Waals surface area contributed by atoms with E-state index in [1.165, 1.54) is 24.3 Å². The number of nitrogens with one attached hydrogen (secondary N) is 1. The van der Waals surface area contributed by atoms with E-state index in [0.717, 1.165) is 5.56 Å². The molecule has 26 heavy (non-hydrogen) atoms. The lowest BCUT2D eigenvalue weighted by Crippen LogP contribution is -2.45. The van der Waals surface area contributed by atoms with E-state index in [4.69, 9.17) is 10.00 Å². The smallest absolute Gasteiger partial charge is 0.329 e. The molecule has 0 heterocycles. The van der Waals surface area contributed by atoms with Crippen molar-refractivity contribution < 1.29 is 18.7 Å². The average molecular weight is 354 g/mol. The van der Waals surface area contributed by atoms with Gasteiger partial charge in [-0.05, 0) is 47.9 Å². The molecule has 6 heteroatoms. The molecule has 1 amide bonds. The third-order valence-electron chi connectivity index (χ3n) is 3.78. The summed E-state index contributed by atoms with van der Waals surface area (Å²) < 4.78 is 18.2. The molecule has 1 N–H and O–H groups in total. The number of esters is 1. The number of nitrogens with zero attached hydrogens (tertiary/aromatic N) is 1. The predicted octanol–water partition coefficient (Wildman–Crippen LogP) is 3.20. The summed E-state index contributed by atoms with van der Waals surface area (Å²) in [6, 6.07) is 12.9. The summed E-state index contributed by atoms with van der Waals surface area (Å²) >= 11 is 0. The zero-order chi connectivity index (χ0) is 19.1. The van der Waals surface area contributed by atoms with Gasteiger partial charge in [0.1, 0.15) is 18.5 Å². The van der Waals surface area contributed by atoms with Crippen LogP contribution < -0.4 is 5.32 Å². The summed E-state index contributed by atoms with van der Waals surface area (Å²) in [6.45, 7) is 3.62. The Morgan fingerprint density at radius 3 is 2.27 bits per heavy atom. The van der Waals surface area contributed by atoms with Gasteiger partial charge in [0.2, 0.25) is 0 Å². The number of hydrogen-bond acceptors (Lipinski definition) is 4. The first-order chi connectivity index (χ1) is 12.4. The van der Waals surface area contributed by atoms with Crippen molar-refractivity contribution in [3.63, 3.8) is 0 Å². The van der Waals surface area contributed by atoms with Gasteiger partial charge in [0.05, 0.1) is 11.6 Å². The molecule has 134 valence electrons. The number of amides is 1. The van der Waals surface area contributed by atoms with E-state index in [-0.39, 0.29) is 18.1 Å². The molecular formula is C20H19FN2O3. The minimum Gasteiger partial charge on any atom is -0.459 e. The van der Waals surface area contributed by atoms with Gasteiger partial charge in [-0.15, -0.1) is 0 Å². The molecule has 0 unspecified atom stereocenters.